The average molecular weight is 493 g/mol. The number of halogens is 1. The summed E-state index contributed by atoms with van der Waals surface area (Å²) in [5.41, 5.74) is 1.80. The molecule has 1 unspecified atom stereocenters. The maximum atomic E-state index is 13.5. The van der Waals surface area contributed by atoms with Crippen LogP contribution < -0.4 is 10.1 Å². The Hall–Kier alpha value is -3.31. The van der Waals surface area contributed by atoms with Crippen molar-refractivity contribution in [1.29, 1.82) is 0 Å². The fourth-order valence-corrected chi connectivity index (χ4v) is 4.00. The Bertz CT molecular complexity index is 1060. The molecule has 0 saturated carbocycles. The fourth-order valence-electron chi connectivity index (χ4n) is 3.80. The van der Waals surface area contributed by atoms with Crippen LogP contribution in [0.5, 0.6) is 5.75 Å². The first-order valence-electron chi connectivity index (χ1n) is 12.1. The number of hydrogen-bond donors (Lipinski definition) is 1. The molecule has 0 aliphatic rings. The lowest BCUT2D eigenvalue weighted by molar-refractivity contribution is -0.141. The Morgan fingerprint density at radius 2 is 1.60 bits per heavy atom. The smallest absolute Gasteiger partial charge is 0.243 e. The van der Waals surface area contributed by atoms with Crippen LogP contribution in [-0.4, -0.2) is 35.9 Å². The quantitative estimate of drug-likeness (QED) is 0.313. The van der Waals surface area contributed by atoms with Crippen LogP contribution in [0.2, 0.25) is 5.02 Å². The summed E-state index contributed by atoms with van der Waals surface area (Å²) in [7, 11) is 0. The standard InChI is InChI=1S/C29H33ClN2O3/c1-2-19-31-29(34)27(21-23-12-5-3-6-13-23)32(22-24-14-9-10-17-26(24)30)28(33)18-11-20-35-25-15-7-4-8-16-25/h3-10,12-17,27H,2,11,18-22H2,1H3,(H,31,34). The first-order valence-corrected chi connectivity index (χ1v) is 12.5. The first-order chi connectivity index (χ1) is 17.1. The molecular weight excluding hydrogens is 460 g/mol. The highest BCUT2D eigenvalue weighted by Crippen LogP contribution is 2.21. The normalized spacial score (nSPS) is 11.5. The second-order valence-corrected chi connectivity index (χ2v) is 8.78. The summed E-state index contributed by atoms with van der Waals surface area (Å²) < 4.78 is 5.76. The predicted molar refractivity (Wildman–Crippen MR) is 140 cm³/mol. The fraction of sp³-hybridized carbons (Fsp3) is 0.310. The van der Waals surface area contributed by atoms with Crippen LogP contribution in [0, 0.1) is 0 Å². The number of benzene rings is 3. The molecule has 0 heterocycles. The SMILES string of the molecule is CCCNC(=O)C(Cc1ccccc1)N(Cc1ccccc1Cl)C(=O)CCCOc1ccccc1. The number of carbonyl (C=O) groups excluding carboxylic acids is 2. The highest BCUT2D eigenvalue weighted by atomic mass is 35.5. The van der Waals surface area contributed by atoms with Gasteiger partial charge in [-0.2, -0.15) is 0 Å². The van der Waals surface area contributed by atoms with Gasteiger partial charge in [0.15, 0.2) is 0 Å². The van der Waals surface area contributed by atoms with Crippen LogP contribution in [0.15, 0.2) is 84.9 Å². The summed E-state index contributed by atoms with van der Waals surface area (Å²) in [6.45, 7) is 3.24. The topological polar surface area (TPSA) is 58.6 Å². The number of ether oxygens (including phenoxy) is 1. The minimum absolute atomic E-state index is 0.103. The van der Waals surface area contributed by atoms with E-state index in [-0.39, 0.29) is 24.8 Å². The van der Waals surface area contributed by atoms with Crippen LogP contribution in [-0.2, 0) is 22.6 Å². The molecule has 3 aromatic rings. The van der Waals surface area contributed by atoms with Gasteiger partial charge >= 0.3 is 0 Å². The zero-order valence-electron chi connectivity index (χ0n) is 20.2. The Kier molecular flexibility index (Phi) is 10.6. The number of para-hydroxylation sites is 1. The molecule has 0 spiro atoms. The van der Waals surface area contributed by atoms with Crippen molar-refractivity contribution in [1.82, 2.24) is 10.2 Å². The molecule has 2 amide bonds. The lowest BCUT2D eigenvalue weighted by atomic mass is 10.0. The van der Waals surface area contributed by atoms with E-state index < -0.39 is 6.04 Å². The summed E-state index contributed by atoms with van der Waals surface area (Å²) in [6.07, 6.45) is 2.05. The third kappa shape index (κ3) is 8.45. The van der Waals surface area contributed by atoms with Gasteiger partial charge in [-0.15, -0.1) is 0 Å². The molecule has 0 aliphatic carbocycles. The zero-order valence-corrected chi connectivity index (χ0v) is 20.9. The molecule has 0 aliphatic heterocycles. The molecule has 0 bridgehead atoms. The lowest BCUT2D eigenvalue weighted by Gasteiger charge is -2.32. The largest absolute Gasteiger partial charge is 0.494 e. The summed E-state index contributed by atoms with van der Waals surface area (Å²) >= 11 is 6.44. The number of rotatable bonds is 13. The van der Waals surface area contributed by atoms with E-state index in [9.17, 15) is 9.59 Å². The van der Waals surface area contributed by atoms with E-state index in [0.717, 1.165) is 23.3 Å². The van der Waals surface area contributed by atoms with Gasteiger partial charge < -0.3 is 15.0 Å². The third-order valence-electron chi connectivity index (χ3n) is 5.67. The molecule has 0 radical (unpaired) electrons. The molecular formula is C29H33ClN2O3. The predicted octanol–water partition coefficient (Wildman–Crippen LogP) is 5.67. The molecule has 1 N–H and O–H groups in total. The van der Waals surface area contributed by atoms with E-state index in [2.05, 4.69) is 5.32 Å². The van der Waals surface area contributed by atoms with E-state index in [1.54, 1.807) is 11.0 Å². The van der Waals surface area contributed by atoms with Crippen LogP contribution >= 0.6 is 11.6 Å². The molecule has 1 atom stereocenters. The van der Waals surface area contributed by atoms with Crippen molar-refractivity contribution in [3.8, 4) is 5.75 Å². The summed E-state index contributed by atoms with van der Waals surface area (Å²) in [5.74, 6) is 0.513. The van der Waals surface area contributed by atoms with Crippen molar-refractivity contribution < 1.29 is 14.3 Å². The highest BCUT2D eigenvalue weighted by molar-refractivity contribution is 6.31. The van der Waals surface area contributed by atoms with Crippen LogP contribution in [0.4, 0.5) is 0 Å². The molecule has 3 aromatic carbocycles. The van der Waals surface area contributed by atoms with Crippen molar-refractivity contribution in [3.05, 3.63) is 101 Å². The second kappa shape index (κ2) is 14.2. The summed E-state index contributed by atoms with van der Waals surface area (Å²) in [6, 6.07) is 26.1. The lowest BCUT2D eigenvalue weighted by Crippen LogP contribution is -2.50. The molecule has 5 nitrogen and oxygen atoms in total. The molecule has 3 rings (SSSR count). The number of nitrogens with zero attached hydrogens (tertiary/aromatic N) is 1. The minimum atomic E-state index is -0.650. The number of nitrogens with one attached hydrogen (secondary N) is 1. The second-order valence-electron chi connectivity index (χ2n) is 8.37. The molecule has 184 valence electrons. The Morgan fingerprint density at radius 1 is 0.943 bits per heavy atom. The first kappa shape index (κ1) is 26.3. The molecule has 35 heavy (non-hydrogen) atoms. The van der Waals surface area contributed by atoms with Gasteiger partial charge in [0.05, 0.1) is 6.61 Å². The highest BCUT2D eigenvalue weighted by Gasteiger charge is 2.30. The van der Waals surface area contributed by atoms with Gasteiger partial charge in [0.2, 0.25) is 11.8 Å². The van der Waals surface area contributed by atoms with E-state index >= 15 is 0 Å². The van der Waals surface area contributed by atoms with Gasteiger partial charge in [0, 0.05) is 31.0 Å². The average Bonchev–Trinajstić information content (AvgIpc) is 2.89. The van der Waals surface area contributed by atoms with Crippen molar-refractivity contribution >= 4 is 23.4 Å². The van der Waals surface area contributed by atoms with Gasteiger partial charge in [0.1, 0.15) is 11.8 Å². The Balaban J connectivity index is 1.79. The van der Waals surface area contributed by atoms with Crippen LogP contribution in [0.3, 0.4) is 0 Å². The van der Waals surface area contributed by atoms with Crippen LogP contribution in [0.25, 0.3) is 0 Å². The third-order valence-corrected chi connectivity index (χ3v) is 6.03. The maximum absolute atomic E-state index is 13.5. The maximum Gasteiger partial charge on any atom is 0.243 e. The van der Waals surface area contributed by atoms with Gasteiger partial charge in [0.25, 0.3) is 0 Å². The van der Waals surface area contributed by atoms with Crippen molar-refractivity contribution in [2.45, 2.75) is 45.2 Å². The Labute approximate surface area is 213 Å². The van der Waals surface area contributed by atoms with Crippen molar-refractivity contribution in [2.24, 2.45) is 0 Å². The molecule has 0 saturated heterocycles. The number of carbonyl (C=O) groups is 2. The molecule has 0 aromatic heterocycles. The number of amides is 2. The Morgan fingerprint density at radius 3 is 2.29 bits per heavy atom. The van der Waals surface area contributed by atoms with E-state index in [1.807, 2.05) is 85.8 Å². The van der Waals surface area contributed by atoms with Gasteiger partial charge in [-0.3, -0.25) is 9.59 Å². The van der Waals surface area contributed by atoms with Crippen molar-refractivity contribution in [3.63, 3.8) is 0 Å². The molecule has 0 fully saturated rings. The van der Waals surface area contributed by atoms with E-state index in [0.29, 0.717) is 31.0 Å². The van der Waals surface area contributed by atoms with Crippen LogP contribution in [0.1, 0.15) is 37.3 Å². The summed E-state index contributed by atoms with van der Waals surface area (Å²) in [4.78, 5) is 28.5. The summed E-state index contributed by atoms with van der Waals surface area (Å²) in [5, 5.41) is 3.56. The monoisotopic (exact) mass is 492 g/mol. The van der Waals surface area contributed by atoms with Gasteiger partial charge in [-0.1, -0.05) is 85.3 Å². The van der Waals surface area contributed by atoms with E-state index in [1.165, 1.54) is 0 Å². The zero-order chi connectivity index (χ0) is 24.9. The number of hydrogen-bond acceptors (Lipinski definition) is 3. The van der Waals surface area contributed by atoms with Gasteiger partial charge in [-0.25, -0.2) is 0 Å². The van der Waals surface area contributed by atoms with Crippen molar-refractivity contribution in [2.75, 3.05) is 13.2 Å². The van der Waals surface area contributed by atoms with E-state index in [4.69, 9.17) is 16.3 Å². The minimum Gasteiger partial charge on any atom is -0.494 e. The molecule has 6 heteroatoms. The van der Waals surface area contributed by atoms with Gasteiger partial charge in [-0.05, 0) is 42.2 Å².